The van der Waals surface area contributed by atoms with Crippen LogP contribution in [0.5, 0.6) is 5.75 Å². The molecule has 1 atom stereocenters. The third-order valence-electron chi connectivity index (χ3n) is 3.03. The van der Waals surface area contributed by atoms with E-state index in [2.05, 4.69) is 10.5 Å². The standard InChI is InChI=1S/C16H22N2O4/c1-16(2,3)21-15(19)17-10-13-9-14(18-22-13)11-5-7-12(20-4)8-6-11/h5-8,13H,9-10H2,1-4H3,(H,17,19). The predicted octanol–water partition coefficient (Wildman–Crippen LogP) is 2.71. The minimum absolute atomic E-state index is 0.176. The van der Waals surface area contributed by atoms with Crippen molar-refractivity contribution in [2.45, 2.75) is 38.9 Å². The predicted molar refractivity (Wildman–Crippen MR) is 83.3 cm³/mol. The molecular weight excluding hydrogens is 284 g/mol. The maximum Gasteiger partial charge on any atom is 0.407 e. The van der Waals surface area contributed by atoms with Crippen molar-refractivity contribution in [3.8, 4) is 5.75 Å². The molecular formula is C16H22N2O4. The third-order valence-corrected chi connectivity index (χ3v) is 3.03. The van der Waals surface area contributed by atoms with Crippen molar-refractivity contribution in [3.63, 3.8) is 0 Å². The molecule has 1 heterocycles. The average molecular weight is 306 g/mol. The zero-order valence-electron chi connectivity index (χ0n) is 13.4. The van der Waals surface area contributed by atoms with Crippen molar-refractivity contribution in [2.75, 3.05) is 13.7 Å². The fourth-order valence-electron chi connectivity index (χ4n) is 2.00. The number of alkyl carbamates (subject to hydrolysis) is 1. The van der Waals surface area contributed by atoms with Crippen LogP contribution in [0.15, 0.2) is 29.4 Å². The Kier molecular flexibility index (Phi) is 4.90. The molecule has 2 rings (SSSR count). The monoisotopic (exact) mass is 306 g/mol. The summed E-state index contributed by atoms with van der Waals surface area (Å²) < 4.78 is 10.3. The highest BCUT2D eigenvalue weighted by atomic mass is 16.6. The molecule has 1 aromatic rings. The molecule has 1 N–H and O–H groups in total. The van der Waals surface area contributed by atoms with Gasteiger partial charge < -0.3 is 19.6 Å². The van der Waals surface area contributed by atoms with Crippen LogP contribution in [0, 0.1) is 0 Å². The van der Waals surface area contributed by atoms with Crippen LogP contribution in [0.1, 0.15) is 32.8 Å². The molecule has 22 heavy (non-hydrogen) atoms. The number of nitrogens with one attached hydrogen (secondary N) is 1. The van der Waals surface area contributed by atoms with Crippen molar-refractivity contribution < 1.29 is 19.1 Å². The number of amides is 1. The number of methoxy groups -OCH3 is 1. The molecule has 6 heteroatoms. The third kappa shape index (κ3) is 4.65. The first-order chi connectivity index (χ1) is 10.4. The minimum atomic E-state index is -0.509. The maximum absolute atomic E-state index is 11.6. The van der Waals surface area contributed by atoms with Gasteiger partial charge in [-0.2, -0.15) is 0 Å². The second kappa shape index (κ2) is 6.68. The summed E-state index contributed by atoms with van der Waals surface area (Å²) in [6.45, 7) is 5.83. The number of hydrogen-bond acceptors (Lipinski definition) is 5. The average Bonchev–Trinajstić information content (AvgIpc) is 2.92. The van der Waals surface area contributed by atoms with E-state index in [0.717, 1.165) is 17.0 Å². The van der Waals surface area contributed by atoms with E-state index in [0.29, 0.717) is 13.0 Å². The number of benzene rings is 1. The van der Waals surface area contributed by atoms with Gasteiger partial charge in [-0.25, -0.2) is 4.79 Å². The number of ether oxygens (including phenoxy) is 2. The van der Waals surface area contributed by atoms with Gasteiger partial charge in [0.15, 0.2) is 6.10 Å². The summed E-state index contributed by atoms with van der Waals surface area (Å²) in [4.78, 5) is 16.9. The Balaban J connectivity index is 1.80. The van der Waals surface area contributed by atoms with Gasteiger partial charge >= 0.3 is 6.09 Å². The van der Waals surface area contributed by atoms with Gasteiger partial charge in [-0.05, 0) is 50.6 Å². The molecule has 0 bridgehead atoms. The number of carbonyl (C=O) groups excluding carboxylic acids is 1. The summed E-state index contributed by atoms with van der Waals surface area (Å²) >= 11 is 0. The van der Waals surface area contributed by atoms with Gasteiger partial charge in [0, 0.05) is 6.42 Å². The normalized spacial score (nSPS) is 17.5. The van der Waals surface area contributed by atoms with Crippen molar-refractivity contribution in [3.05, 3.63) is 29.8 Å². The Bertz CT molecular complexity index is 546. The molecule has 120 valence electrons. The minimum Gasteiger partial charge on any atom is -0.497 e. The van der Waals surface area contributed by atoms with Crippen molar-refractivity contribution in [1.29, 1.82) is 0 Å². The molecule has 0 saturated carbocycles. The lowest BCUT2D eigenvalue weighted by molar-refractivity contribution is 0.0439. The van der Waals surface area contributed by atoms with Crippen molar-refractivity contribution in [2.24, 2.45) is 5.16 Å². The maximum atomic E-state index is 11.6. The molecule has 0 aromatic heterocycles. The molecule has 1 aliphatic heterocycles. The lowest BCUT2D eigenvalue weighted by Gasteiger charge is -2.20. The molecule has 6 nitrogen and oxygen atoms in total. The van der Waals surface area contributed by atoms with Gasteiger partial charge in [0.25, 0.3) is 0 Å². The summed E-state index contributed by atoms with van der Waals surface area (Å²) in [6, 6.07) is 7.63. The van der Waals surface area contributed by atoms with E-state index in [1.165, 1.54) is 0 Å². The Morgan fingerprint density at radius 2 is 2.05 bits per heavy atom. The van der Waals surface area contributed by atoms with Crippen LogP contribution in [0.2, 0.25) is 0 Å². The van der Waals surface area contributed by atoms with Crippen LogP contribution in [-0.4, -0.2) is 37.2 Å². The molecule has 0 fully saturated rings. The first-order valence-corrected chi connectivity index (χ1v) is 7.21. The zero-order chi connectivity index (χ0) is 16.2. The number of hydrogen-bond donors (Lipinski definition) is 1. The van der Waals surface area contributed by atoms with Crippen LogP contribution in [0.4, 0.5) is 4.79 Å². The molecule has 1 unspecified atom stereocenters. The van der Waals surface area contributed by atoms with Crippen LogP contribution in [0.25, 0.3) is 0 Å². The molecule has 1 aromatic carbocycles. The Hall–Kier alpha value is -2.24. The van der Waals surface area contributed by atoms with Gasteiger partial charge in [0.1, 0.15) is 11.4 Å². The number of carbonyl (C=O) groups is 1. The number of rotatable bonds is 4. The van der Waals surface area contributed by atoms with Gasteiger partial charge in [0.05, 0.1) is 19.4 Å². The summed E-state index contributed by atoms with van der Waals surface area (Å²) in [5.41, 5.74) is 1.34. The van der Waals surface area contributed by atoms with E-state index < -0.39 is 11.7 Å². The highest BCUT2D eigenvalue weighted by molar-refractivity contribution is 6.01. The lowest BCUT2D eigenvalue weighted by atomic mass is 10.0. The van der Waals surface area contributed by atoms with Gasteiger partial charge in [-0.3, -0.25) is 0 Å². The van der Waals surface area contributed by atoms with E-state index >= 15 is 0 Å². The number of nitrogens with zero attached hydrogens (tertiary/aromatic N) is 1. The van der Waals surface area contributed by atoms with Crippen LogP contribution >= 0.6 is 0 Å². The second-order valence-corrected chi connectivity index (χ2v) is 6.08. The highest BCUT2D eigenvalue weighted by Gasteiger charge is 2.24. The summed E-state index contributed by atoms with van der Waals surface area (Å²) in [5.74, 6) is 0.798. The Labute approximate surface area is 130 Å². The van der Waals surface area contributed by atoms with Crippen LogP contribution in [-0.2, 0) is 9.57 Å². The summed E-state index contributed by atoms with van der Waals surface area (Å²) in [6.07, 6.45) is 0.0147. The molecule has 1 aliphatic rings. The number of oxime groups is 1. The molecule has 1 amide bonds. The van der Waals surface area contributed by atoms with E-state index in [-0.39, 0.29) is 6.10 Å². The van der Waals surface area contributed by atoms with Crippen molar-refractivity contribution >= 4 is 11.8 Å². The first-order valence-electron chi connectivity index (χ1n) is 7.21. The molecule has 0 spiro atoms. The Morgan fingerprint density at radius 3 is 2.64 bits per heavy atom. The fraction of sp³-hybridized carbons (Fsp3) is 0.500. The molecule has 0 radical (unpaired) electrons. The van der Waals surface area contributed by atoms with Crippen LogP contribution < -0.4 is 10.1 Å². The molecule has 0 saturated heterocycles. The van der Waals surface area contributed by atoms with E-state index in [1.807, 2.05) is 45.0 Å². The smallest absolute Gasteiger partial charge is 0.407 e. The van der Waals surface area contributed by atoms with Crippen molar-refractivity contribution in [1.82, 2.24) is 5.32 Å². The van der Waals surface area contributed by atoms with Crippen LogP contribution in [0.3, 0.4) is 0 Å². The van der Waals surface area contributed by atoms with E-state index in [4.69, 9.17) is 14.3 Å². The SMILES string of the molecule is COc1ccc(C2=NOC(CNC(=O)OC(C)(C)C)C2)cc1. The van der Waals surface area contributed by atoms with Gasteiger partial charge in [-0.15, -0.1) is 0 Å². The quantitative estimate of drug-likeness (QED) is 0.928. The second-order valence-electron chi connectivity index (χ2n) is 6.08. The molecule has 0 aliphatic carbocycles. The summed E-state index contributed by atoms with van der Waals surface area (Å²) in [5, 5.41) is 6.77. The Morgan fingerprint density at radius 1 is 1.36 bits per heavy atom. The highest BCUT2D eigenvalue weighted by Crippen LogP contribution is 2.19. The van der Waals surface area contributed by atoms with Gasteiger partial charge in [-0.1, -0.05) is 5.16 Å². The van der Waals surface area contributed by atoms with Gasteiger partial charge in [0.2, 0.25) is 0 Å². The van der Waals surface area contributed by atoms with E-state index in [1.54, 1.807) is 7.11 Å². The fourth-order valence-corrected chi connectivity index (χ4v) is 2.00. The first kappa shape index (κ1) is 16.1. The largest absolute Gasteiger partial charge is 0.497 e. The lowest BCUT2D eigenvalue weighted by Crippen LogP contribution is -2.37. The van der Waals surface area contributed by atoms with E-state index in [9.17, 15) is 4.79 Å². The topological polar surface area (TPSA) is 69.2 Å². The zero-order valence-corrected chi connectivity index (χ0v) is 13.4. The summed E-state index contributed by atoms with van der Waals surface area (Å²) in [7, 11) is 1.63.